The van der Waals surface area contributed by atoms with E-state index >= 15 is 0 Å². The standard InChI is InChI=1S/C14H19F3N4O/c1-13(2,3)11-8(4-5-10(22)21-11)19-12-18-7-6-9(20-12)14(15,16)17/h6-8,11H,4-5H2,1-3H3,(H,21,22)(H,18,19,20)/t8-,11-/m1/s1. The van der Waals surface area contributed by atoms with Gasteiger partial charge in [0.25, 0.3) is 0 Å². The van der Waals surface area contributed by atoms with Crippen LogP contribution in [0.5, 0.6) is 0 Å². The molecule has 0 radical (unpaired) electrons. The van der Waals surface area contributed by atoms with Crippen molar-refractivity contribution in [2.45, 2.75) is 51.9 Å². The van der Waals surface area contributed by atoms with Crippen LogP contribution in [0.4, 0.5) is 19.1 Å². The molecule has 0 unspecified atom stereocenters. The summed E-state index contributed by atoms with van der Waals surface area (Å²) in [6, 6.07) is 0.391. The normalized spacial score (nSPS) is 23.1. The first-order chi connectivity index (χ1) is 10.1. The number of anilines is 1. The van der Waals surface area contributed by atoms with Crippen molar-refractivity contribution < 1.29 is 18.0 Å². The van der Waals surface area contributed by atoms with E-state index in [4.69, 9.17) is 0 Å². The number of hydrogen-bond acceptors (Lipinski definition) is 4. The Labute approximate surface area is 126 Å². The van der Waals surface area contributed by atoms with Crippen molar-refractivity contribution in [2.75, 3.05) is 5.32 Å². The lowest BCUT2D eigenvalue weighted by Crippen LogP contribution is -2.57. The van der Waals surface area contributed by atoms with Crippen LogP contribution in [0.25, 0.3) is 0 Å². The van der Waals surface area contributed by atoms with E-state index in [1.165, 1.54) is 0 Å². The second-order valence-electron chi connectivity index (χ2n) is 6.46. The van der Waals surface area contributed by atoms with Gasteiger partial charge in [-0.2, -0.15) is 13.2 Å². The number of nitrogens with zero attached hydrogens (tertiary/aromatic N) is 2. The number of halogens is 3. The molecule has 0 aliphatic carbocycles. The number of alkyl halides is 3. The maximum absolute atomic E-state index is 12.7. The summed E-state index contributed by atoms with van der Waals surface area (Å²) >= 11 is 0. The summed E-state index contributed by atoms with van der Waals surface area (Å²) in [6.45, 7) is 5.89. The van der Waals surface area contributed by atoms with Gasteiger partial charge in [0, 0.05) is 12.6 Å². The van der Waals surface area contributed by atoms with Crippen LogP contribution in [0.3, 0.4) is 0 Å². The zero-order chi connectivity index (χ0) is 16.5. The van der Waals surface area contributed by atoms with E-state index in [0.29, 0.717) is 12.8 Å². The van der Waals surface area contributed by atoms with Crippen LogP contribution >= 0.6 is 0 Å². The molecule has 0 aromatic carbocycles. The third-order valence-electron chi connectivity index (χ3n) is 3.59. The van der Waals surface area contributed by atoms with Gasteiger partial charge in [-0.15, -0.1) is 0 Å². The van der Waals surface area contributed by atoms with Gasteiger partial charge >= 0.3 is 6.18 Å². The first-order valence-corrected chi connectivity index (χ1v) is 7.03. The Bertz CT molecular complexity index is 554. The lowest BCUT2D eigenvalue weighted by molar-refractivity contribution is -0.141. The molecule has 2 heterocycles. The lowest BCUT2D eigenvalue weighted by atomic mass is 9.79. The summed E-state index contributed by atoms with van der Waals surface area (Å²) in [4.78, 5) is 18.9. The maximum Gasteiger partial charge on any atom is 0.433 e. The van der Waals surface area contributed by atoms with Gasteiger partial charge in [0.2, 0.25) is 11.9 Å². The van der Waals surface area contributed by atoms with Gasteiger partial charge in [-0.3, -0.25) is 4.79 Å². The molecule has 122 valence electrons. The zero-order valence-electron chi connectivity index (χ0n) is 12.7. The Morgan fingerprint density at radius 2 is 2.00 bits per heavy atom. The van der Waals surface area contributed by atoms with E-state index in [-0.39, 0.29) is 29.4 Å². The minimum Gasteiger partial charge on any atom is -0.351 e. The van der Waals surface area contributed by atoms with Gasteiger partial charge in [-0.25, -0.2) is 9.97 Å². The number of carbonyl (C=O) groups is 1. The third kappa shape index (κ3) is 3.86. The van der Waals surface area contributed by atoms with Crippen LogP contribution < -0.4 is 10.6 Å². The Morgan fingerprint density at radius 1 is 1.32 bits per heavy atom. The zero-order valence-corrected chi connectivity index (χ0v) is 12.7. The topological polar surface area (TPSA) is 66.9 Å². The molecule has 2 N–H and O–H groups in total. The molecule has 0 spiro atoms. The van der Waals surface area contributed by atoms with Crippen LogP contribution in [-0.2, 0) is 11.0 Å². The predicted octanol–water partition coefficient (Wildman–Crippen LogP) is 2.60. The fraction of sp³-hybridized carbons (Fsp3) is 0.643. The molecule has 1 aromatic rings. The van der Waals surface area contributed by atoms with Crippen molar-refractivity contribution in [3.05, 3.63) is 18.0 Å². The molecular weight excluding hydrogens is 297 g/mol. The molecule has 2 rings (SSSR count). The van der Waals surface area contributed by atoms with Crippen LogP contribution in [0.1, 0.15) is 39.3 Å². The van der Waals surface area contributed by atoms with E-state index < -0.39 is 11.9 Å². The largest absolute Gasteiger partial charge is 0.433 e. The van der Waals surface area contributed by atoms with Crippen LogP contribution in [0.2, 0.25) is 0 Å². The van der Waals surface area contributed by atoms with Crippen molar-refractivity contribution in [1.82, 2.24) is 15.3 Å². The van der Waals surface area contributed by atoms with Crippen molar-refractivity contribution in [2.24, 2.45) is 5.41 Å². The van der Waals surface area contributed by atoms with Crippen molar-refractivity contribution in [3.63, 3.8) is 0 Å². The Kier molecular flexibility index (Phi) is 4.30. The smallest absolute Gasteiger partial charge is 0.351 e. The predicted molar refractivity (Wildman–Crippen MR) is 75.1 cm³/mol. The average Bonchev–Trinajstić information content (AvgIpc) is 2.39. The number of aromatic nitrogens is 2. The maximum atomic E-state index is 12.7. The fourth-order valence-corrected chi connectivity index (χ4v) is 2.53. The van der Waals surface area contributed by atoms with Gasteiger partial charge in [-0.05, 0) is 17.9 Å². The molecular formula is C14H19F3N4O. The summed E-state index contributed by atoms with van der Waals surface area (Å²) in [6.07, 6.45) is -2.59. The highest BCUT2D eigenvalue weighted by Gasteiger charge is 2.38. The summed E-state index contributed by atoms with van der Waals surface area (Å²) < 4.78 is 38.1. The average molecular weight is 316 g/mol. The first kappa shape index (κ1) is 16.5. The SMILES string of the molecule is CC(C)(C)[C@@H]1NC(=O)CC[C@H]1Nc1nccc(C(F)(F)F)n1. The molecule has 0 bridgehead atoms. The minimum atomic E-state index is -4.51. The van der Waals surface area contributed by atoms with Crippen LogP contribution in [-0.4, -0.2) is 28.0 Å². The highest BCUT2D eigenvalue weighted by molar-refractivity contribution is 5.77. The number of rotatable bonds is 2. The quantitative estimate of drug-likeness (QED) is 0.880. The molecule has 22 heavy (non-hydrogen) atoms. The summed E-state index contributed by atoms with van der Waals surface area (Å²) in [7, 11) is 0. The lowest BCUT2D eigenvalue weighted by Gasteiger charge is -2.41. The first-order valence-electron chi connectivity index (χ1n) is 7.03. The molecule has 1 aromatic heterocycles. The molecule has 2 atom stereocenters. The van der Waals surface area contributed by atoms with E-state index in [1.54, 1.807) is 0 Å². The van der Waals surface area contributed by atoms with Crippen molar-refractivity contribution in [1.29, 1.82) is 0 Å². The number of piperidine rings is 1. The van der Waals surface area contributed by atoms with E-state index in [1.807, 2.05) is 20.8 Å². The second-order valence-corrected chi connectivity index (χ2v) is 6.46. The van der Waals surface area contributed by atoms with E-state index in [0.717, 1.165) is 12.3 Å². The summed E-state index contributed by atoms with van der Waals surface area (Å²) in [5, 5.41) is 5.83. The number of hydrogen-bond donors (Lipinski definition) is 2. The Hall–Kier alpha value is -1.86. The number of amides is 1. The Balaban J connectivity index is 2.20. The van der Waals surface area contributed by atoms with E-state index in [2.05, 4.69) is 20.6 Å². The van der Waals surface area contributed by atoms with Crippen LogP contribution in [0, 0.1) is 5.41 Å². The third-order valence-corrected chi connectivity index (χ3v) is 3.59. The van der Waals surface area contributed by atoms with Gasteiger partial charge in [0.1, 0.15) is 5.69 Å². The van der Waals surface area contributed by atoms with Crippen LogP contribution in [0.15, 0.2) is 12.3 Å². The monoisotopic (exact) mass is 316 g/mol. The van der Waals surface area contributed by atoms with Gasteiger partial charge in [0.15, 0.2) is 0 Å². The molecule has 1 saturated heterocycles. The van der Waals surface area contributed by atoms with Crippen molar-refractivity contribution in [3.8, 4) is 0 Å². The number of carbonyl (C=O) groups excluding carboxylic acids is 1. The van der Waals surface area contributed by atoms with Gasteiger partial charge in [0.05, 0.1) is 12.1 Å². The molecule has 1 fully saturated rings. The highest BCUT2D eigenvalue weighted by Crippen LogP contribution is 2.30. The molecule has 8 heteroatoms. The number of nitrogens with one attached hydrogen (secondary N) is 2. The second kappa shape index (κ2) is 5.73. The Morgan fingerprint density at radius 3 is 2.59 bits per heavy atom. The van der Waals surface area contributed by atoms with Gasteiger partial charge in [-0.1, -0.05) is 20.8 Å². The molecule has 1 aliphatic rings. The molecule has 1 aliphatic heterocycles. The van der Waals surface area contributed by atoms with E-state index in [9.17, 15) is 18.0 Å². The van der Waals surface area contributed by atoms with Crippen molar-refractivity contribution >= 4 is 11.9 Å². The molecule has 5 nitrogen and oxygen atoms in total. The highest BCUT2D eigenvalue weighted by atomic mass is 19.4. The molecule has 1 amide bonds. The molecule has 0 saturated carbocycles. The van der Waals surface area contributed by atoms with Gasteiger partial charge < -0.3 is 10.6 Å². The minimum absolute atomic E-state index is 0.0528. The summed E-state index contributed by atoms with van der Waals surface area (Å²) in [5.41, 5.74) is -1.23. The fourth-order valence-electron chi connectivity index (χ4n) is 2.53. The summed E-state index contributed by atoms with van der Waals surface area (Å²) in [5.74, 6) is -0.131.